The topological polar surface area (TPSA) is 0 Å². The molecule has 0 spiro atoms. The second-order valence-corrected chi connectivity index (χ2v) is 22.9. The Balaban J connectivity index is -0.000000205. The molecule has 0 fully saturated rings. The van der Waals surface area contributed by atoms with Crippen molar-refractivity contribution in [2.24, 2.45) is 0 Å². The molecule has 0 bridgehead atoms. The summed E-state index contributed by atoms with van der Waals surface area (Å²) in [4.78, 5) is 0. The summed E-state index contributed by atoms with van der Waals surface area (Å²) in [7, 11) is 0.241. The van der Waals surface area contributed by atoms with Gasteiger partial charge in [0.25, 0.3) is 0 Å². The molecule has 104 valence electrons. The van der Waals surface area contributed by atoms with Crippen LogP contribution < -0.4 is 0 Å². The van der Waals surface area contributed by atoms with E-state index < -0.39 is 0 Å². The molecule has 4 radical (unpaired) electrons. The smallest absolute Gasteiger partial charge is 0.0379 e. The van der Waals surface area contributed by atoms with Crippen LogP contribution in [0.3, 0.4) is 0 Å². The van der Waals surface area contributed by atoms with Crippen LogP contribution in [0.5, 0.6) is 0 Å². The number of hydrogen-bond donors (Lipinski definition) is 0. The SMILES string of the molecule is C[C](C)(C)[Sn][C](C)(C)C.C[Si](C)C.C[Si](C)C. The molecule has 3 heteroatoms. The number of rotatable bonds is 0. The van der Waals surface area contributed by atoms with Crippen molar-refractivity contribution in [2.75, 3.05) is 0 Å². The minimum absolute atomic E-state index is 0.120. The van der Waals surface area contributed by atoms with Crippen molar-refractivity contribution in [3.63, 3.8) is 0 Å². The molecular formula is C14H36Si2Sn. The van der Waals surface area contributed by atoms with E-state index in [0.717, 1.165) is 0 Å². The summed E-state index contributed by atoms with van der Waals surface area (Å²) in [5.74, 6) is 0. The van der Waals surface area contributed by atoms with Crippen molar-refractivity contribution in [3.8, 4) is 0 Å². The van der Waals surface area contributed by atoms with Gasteiger partial charge in [0.15, 0.2) is 0 Å². The molecule has 0 amide bonds. The Morgan fingerprint density at radius 1 is 0.529 bits per heavy atom. The zero-order valence-corrected chi connectivity index (χ0v) is 19.4. The average Bonchev–Trinajstić information content (AvgIpc) is 1.70. The van der Waals surface area contributed by atoms with Crippen molar-refractivity contribution in [1.82, 2.24) is 0 Å². The molecule has 0 aromatic rings. The van der Waals surface area contributed by atoms with Crippen molar-refractivity contribution in [3.05, 3.63) is 0 Å². The third kappa shape index (κ3) is 76.4. The predicted molar refractivity (Wildman–Crippen MR) is 91.9 cm³/mol. The maximum Gasteiger partial charge on any atom is 0.0379 e. The molecule has 0 aliphatic carbocycles. The molecule has 0 N–H and O–H groups in total. The Kier molecular flexibility index (Phi) is 15.2. The summed E-state index contributed by atoms with van der Waals surface area (Å²) in [6.45, 7) is 27.8. The van der Waals surface area contributed by atoms with Gasteiger partial charge in [-0.15, -0.1) is 0 Å². The van der Waals surface area contributed by atoms with Gasteiger partial charge in [0.1, 0.15) is 0 Å². The zero-order valence-electron chi connectivity index (χ0n) is 14.5. The van der Waals surface area contributed by atoms with Crippen LogP contribution in [-0.4, -0.2) is 38.7 Å². The van der Waals surface area contributed by atoms with Gasteiger partial charge in [-0.05, 0) is 0 Å². The Morgan fingerprint density at radius 2 is 0.647 bits per heavy atom. The normalized spacial score (nSPS) is 11.6. The molecule has 0 rings (SSSR count). The van der Waals surface area contributed by atoms with E-state index in [1.165, 1.54) is 0 Å². The summed E-state index contributed by atoms with van der Waals surface area (Å²) in [6.07, 6.45) is 0. The van der Waals surface area contributed by atoms with Gasteiger partial charge in [-0.25, -0.2) is 0 Å². The van der Waals surface area contributed by atoms with Crippen LogP contribution in [0.2, 0.25) is 46.1 Å². The molecule has 0 saturated carbocycles. The Labute approximate surface area is 126 Å². The fourth-order valence-electron chi connectivity index (χ4n) is 1.12. The van der Waals surface area contributed by atoms with E-state index >= 15 is 0 Å². The Hall–Kier alpha value is 1.23. The zero-order chi connectivity index (χ0) is 14.9. The van der Waals surface area contributed by atoms with Gasteiger partial charge < -0.3 is 0 Å². The van der Waals surface area contributed by atoms with Crippen LogP contribution in [0, 0.1) is 0 Å². The van der Waals surface area contributed by atoms with Gasteiger partial charge in [-0.1, -0.05) is 39.3 Å². The third-order valence-corrected chi connectivity index (χ3v) is 5.03. The molecule has 17 heavy (non-hydrogen) atoms. The van der Waals surface area contributed by atoms with Crippen molar-refractivity contribution in [2.45, 2.75) is 87.7 Å². The van der Waals surface area contributed by atoms with Crippen LogP contribution in [-0.2, 0) is 0 Å². The summed E-state index contributed by atoms with van der Waals surface area (Å²) in [6, 6.07) is 0. The molecule has 0 heterocycles. The molecule has 0 aromatic carbocycles. The maximum absolute atomic E-state index is 2.37. The van der Waals surface area contributed by atoms with Gasteiger partial charge in [0.05, 0.1) is 0 Å². The molecule has 0 aliphatic rings. The number of hydrogen-bond acceptors (Lipinski definition) is 0. The van der Waals surface area contributed by atoms with Crippen LogP contribution in [0.25, 0.3) is 0 Å². The van der Waals surface area contributed by atoms with Crippen molar-refractivity contribution < 1.29 is 0 Å². The summed E-state index contributed by atoms with van der Waals surface area (Å²) >= 11 is -0.182. The Bertz CT molecular complexity index is 129. The molecule has 0 aromatic heterocycles. The van der Waals surface area contributed by atoms with Crippen LogP contribution in [0.15, 0.2) is 0 Å². The second kappa shape index (κ2) is 11.1. The predicted octanol–water partition coefficient (Wildman–Crippen LogP) is 5.87. The third-order valence-electron chi connectivity index (χ3n) is 0.750. The fraction of sp³-hybridized carbons (Fsp3) is 1.00. The van der Waals surface area contributed by atoms with Gasteiger partial charge in [0.2, 0.25) is 0 Å². The van der Waals surface area contributed by atoms with Gasteiger partial charge in [0, 0.05) is 17.6 Å². The van der Waals surface area contributed by atoms with Crippen LogP contribution in [0.1, 0.15) is 41.5 Å². The van der Waals surface area contributed by atoms with Gasteiger partial charge >= 0.3 is 69.5 Å². The summed E-state index contributed by atoms with van der Waals surface area (Å²) in [5, 5.41) is 0. The quantitative estimate of drug-likeness (QED) is 0.462. The fourth-order valence-corrected chi connectivity index (χ4v) is 7.55. The summed E-state index contributed by atoms with van der Waals surface area (Å²) < 4.78 is 1.31. The van der Waals surface area contributed by atoms with Crippen LogP contribution >= 0.6 is 0 Å². The van der Waals surface area contributed by atoms with E-state index in [1.54, 1.807) is 0 Å². The van der Waals surface area contributed by atoms with Crippen molar-refractivity contribution in [1.29, 1.82) is 0 Å². The average molecular weight is 379 g/mol. The van der Waals surface area contributed by atoms with E-state index in [0.29, 0.717) is 6.86 Å². The minimum atomic E-state index is -0.182. The van der Waals surface area contributed by atoms with E-state index in [1.807, 2.05) is 0 Å². The van der Waals surface area contributed by atoms with Gasteiger partial charge in [-0.3, -0.25) is 0 Å². The summed E-state index contributed by atoms with van der Waals surface area (Å²) in [5.41, 5.74) is 0. The molecule has 0 aliphatic heterocycles. The first kappa shape index (κ1) is 23.3. The largest absolute Gasteiger partial charge is 0.0715 e. The Morgan fingerprint density at radius 3 is 0.647 bits per heavy atom. The maximum atomic E-state index is 2.37. The van der Waals surface area contributed by atoms with E-state index in [9.17, 15) is 0 Å². The van der Waals surface area contributed by atoms with Crippen molar-refractivity contribution >= 4 is 38.7 Å². The van der Waals surface area contributed by atoms with E-state index in [2.05, 4.69) is 80.8 Å². The molecular weight excluding hydrogens is 343 g/mol. The molecule has 0 saturated heterocycles. The monoisotopic (exact) mass is 380 g/mol. The molecule has 0 atom stereocenters. The first-order valence-electron chi connectivity index (χ1n) is 6.50. The van der Waals surface area contributed by atoms with Crippen LogP contribution in [0.4, 0.5) is 0 Å². The first-order valence-corrected chi connectivity index (χ1v) is 15.4. The second-order valence-electron chi connectivity index (χ2n) is 7.62. The molecule has 0 nitrogen and oxygen atoms in total. The minimum Gasteiger partial charge on any atom is -0.0715 e. The first-order chi connectivity index (χ1) is 7.17. The van der Waals surface area contributed by atoms with E-state index in [-0.39, 0.29) is 38.7 Å². The molecule has 0 unspecified atom stereocenters. The standard InChI is InChI=1S/2C4H9.2C3H9Si.Sn/c4*1-4(2)3;/h4*1-3H3;. The van der Waals surface area contributed by atoms with E-state index in [4.69, 9.17) is 0 Å². The van der Waals surface area contributed by atoms with Gasteiger partial charge in [-0.2, -0.15) is 0 Å².